The minimum atomic E-state index is -0.393. The zero-order valence-corrected chi connectivity index (χ0v) is 16.7. The third-order valence-corrected chi connectivity index (χ3v) is 4.07. The standard InChI is InChI=1S/C18H20N4O3.HI/c1-19-18(20-12-13-5-4-6-14(11-13)22(23)24)21-16-9-10-25-17-8-3-2-7-15(16)17;/h2-8,11,16H,9-10,12H2,1H3,(H2,19,20,21);1H. The van der Waals surface area contributed by atoms with Gasteiger partial charge in [0, 0.05) is 37.7 Å². The molecule has 0 amide bonds. The fourth-order valence-electron chi connectivity index (χ4n) is 2.82. The van der Waals surface area contributed by atoms with E-state index >= 15 is 0 Å². The zero-order chi connectivity index (χ0) is 17.6. The molecule has 2 N–H and O–H groups in total. The van der Waals surface area contributed by atoms with Crippen LogP contribution in [0.1, 0.15) is 23.6 Å². The SMILES string of the molecule is CN=C(NCc1cccc([N+](=O)[O-])c1)NC1CCOc2ccccc21.I. The Kier molecular flexibility index (Phi) is 7.19. The van der Waals surface area contributed by atoms with Crippen molar-refractivity contribution in [3.05, 3.63) is 69.8 Å². The maximum absolute atomic E-state index is 10.9. The van der Waals surface area contributed by atoms with Crippen molar-refractivity contribution in [3.8, 4) is 5.75 Å². The van der Waals surface area contributed by atoms with Gasteiger partial charge < -0.3 is 15.4 Å². The topological polar surface area (TPSA) is 88.8 Å². The average molecular weight is 468 g/mol. The highest BCUT2D eigenvalue weighted by molar-refractivity contribution is 14.0. The molecule has 3 rings (SSSR count). The zero-order valence-electron chi connectivity index (χ0n) is 14.3. The lowest BCUT2D eigenvalue weighted by molar-refractivity contribution is -0.384. The van der Waals surface area contributed by atoms with E-state index in [9.17, 15) is 10.1 Å². The Morgan fingerprint density at radius 3 is 2.88 bits per heavy atom. The first-order chi connectivity index (χ1) is 12.2. The number of nitro groups is 1. The van der Waals surface area contributed by atoms with E-state index in [1.165, 1.54) is 6.07 Å². The van der Waals surface area contributed by atoms with Crippen LogP contribution in [0.2, 0.25) is 0 Å². The maximum atomic E-state index is 10.9. The fourth-order valence-corrected chi connectivity index (χ4v) is 2.82. The second-order valence-electron chi connectivity index (χ2n) is 5.72. The van der Waals surface area contributed by atoms with Crippen LogP contribution in [0.5, 0.6) is 5.75 Å². The summed E-state index contributed by atoms with van der Waals surface area (Å²) < 4.78 is 5.67. The lowest BCUT2D eigenvalue weighted by atomic mass is 10.0. The van der Waals surface area contributed by atoms with Crippen LogP contribution in [0.25, 0.3) is 0 Å². The molecular weight excluding hydrogens is 447 g/mol. The van der Waals surface area contributed by atoms with Gasteiger partial charge in [0.2, 0.25) is 0 Å². The molecule has 8 heteroatoms. The van der Waals surface area contributed by atoms with Crippen LogP contribution in [0, 0.1) is 10.1 Å². The van der Waals surface area contributed by atoms with Gasteiger partial charge in [0.25, 0.3) is 5.69 Å². The first kappa shape index (κ1) is 20.0. The molecule has 0 aliphatic carbocycles. The summed E-state index contributed by atoms with van der Waals surface area (Å²) in [6.45, 7) is 1.10. The van der Waals surface area contributed by atoms with Crippen molar-refractivity contribution >= 4 is 35.6 Å². The molecule has 0 radical (unpaired) electrons. The van der Waals surface area contributed by atoms with E-state index < -0.39 is 4.92 Å². The van der Waals surface area contributed by atoms with E-state index in [1.807, 2.05) is 30.3 Å². The quantitative estimate of drug-likeness (QED) is 0.236. The highest BCUT2D eigenvalue weighted by Gasteiger charge is 2.21. The Morgan fingerprint density at radius 1 is 1.31 bits per heavy atom. The van der Waals surface area contributed by atoms with Gasteiger partial charge in [-0.25, -0.2) is 0 Å². The van der Waals surface area contributed by atoms with Gasteiger partial charge in [-0.15, -0.1) is 24.0 Å². The number of ether oxygens (including phenoxy) is 1. The number of non-ortho nitro benzene ring substituents is 1. The molecule has 0 saturated carbocycles. The molecule has 1 atom stereocenters. The third kappa shape index (κ3) is 4.84. The van der Waals surface area contributed by atoms with E-state index in [0.29, 0.717) is 19.1 Å². The monoisotopic (exact) mass is 468 g/mol. The number of nitrogens with zero attached hydrogens (tertiary/aromatic N) is 2. The first-order valence-electron chi connectivity index (χ1n) is 8.09. The predicted octanol–water partition coefficient (Wildman–Crippen LogP) is 3.40. The summed E-state index contributed by atoms with van der Waals surface area (Å²) in [6.07, 6.45) is 0.842. The minimum Gasteiger partial charge on any atom is -0.493 e. The molecule has 0 saturated heterocycles. The summed E-state index contributed by atoms with van der Waals surface area (Å²) in [5, 5.41) is 17.5. The molecule has 0 spiro atoms. The molecule has 1 heterocycles. The lowest BCUT2D eigenvalue weighted by Gasteiger charge is -2.28. The Bertz CT molecular complexity index is 798. The van der Waals surface area contributed by atoms with Crippen molar-refractivity contribution in [2.75, 3.05) is 13.7 Å². The number of rotatable bonds is 4. The molecule has 0 aromatic heterocycles. The summed E-state index contributed by atoms with van der Waals surface area (Å²) in [5.41, 5.74) is 2.01. The van der Waals surface area contributed by atoms with Gasteiger partial charge >= 0.3 is 0 Å². The molecule has 7 nitrogen and oxygen atoms in total. The summed E-state index contributed by atoms with van der Waals surface area (Å²) in [7, 11) is 1.70. The Balaban J connectivity index is 0.00000243. The van der Waals surface area contributed by atoms with Crippen molar-refractivity contribution in [3.63, 3.8) is 0 Å². The number of aliphatic imine (C=N–C) groups is 1. The fraction of sp³-hybridized carbons (Fsp3) is 0.278. The van der Waals surface area contributed by atoms with Crippen molar-refractivity contribution < 1.29 is 9.66 Å². The maximum Gasteiger partial charge on any atom is 0.269 e. The predicted molar refractivity (Wildman–Crippen MR) is 111 cm³/mol. The Labute approximate surface area is 169 Å². The molecule has 26 heavy (non-hydrogen) atoms. The van der Waals surface area contributed by atoms with Crippen LogP contribution in [0.4, 0.5) is 5.69 Å². The number of halogens is 1. The normalized spacial score (nSPS) is 15.9. The van der Waals surface area contributed by atoms with E-state index in [4.69, 9.17) is 4.74 Å². The van der Waals surface area contributed by atoms with Gasteiger partial charge in [-0.3, -0.25) is 15.1 Å². The summed E-state index contributed by atoms with van der Waals surface area (Å²) in [4.78, 5) is 14.7. The van der Waals surface area contributed by atoms with Gasteiger partial charge in [-0.1, -0.05) is 30.3 Å². The molecule has 1 aliphatic heterocycles. The number of nitrogens with one attached hydrogen (secondary N) is 2. The Hall–Kier alpha value is -2.36. The van der Waals surface area contributed by atoms with Gasteiger partial charge in [0.05, 0.1) is 17.6 Å². The van der Waals surface area contributed by atoms with Gasteiger partial charge in [-0.05, 0) is 11.6 Å². The highest BCUT2D eigenvalue weighted by atomic mass is 127. The smallest absolute Gasteiger partial charge is 0.269 e. The van der Waals surface area contributed by atoms with Gasteiger partial charge in [-0.2, -0.15) is 0 Å². The van der Waals surface area contributed by atoms with Crippen molar-refractivity contribution in [2.24, 2.45) is 4.99 Å². The molecule has 2 aromatic carbocycles. The number of nitro benzene ring substituents is 1. The van der Waals surface area contributed by atoms with Crippen LogP contribution in [0.3, 0.4) is 0 Å². The van der Waals surface area contributed by atoms with Crippen LogP contribution < -0.4 is 15.4 Å². The number of benzene rings is 2. The lowest BCUT2D eigenvalue weighted by Crippen LogP contribution is -2.40. The molecular formula is C18H21IN4O3. The van der Waals surface area contributed by atoms with Crippen molar-refractivity contribution in [1.29, 1.82) is 0 Å². The van der Waals surface area contributed by atoms with Gasteiger partial charge in [0.15, 0.2) is 5.96 Å². The van der Waals surface area contributed by atoms with Crippen molar-refractivity contribution in [2.45, 2.75) is 19.0 Å². The summed E-state index contributed by atoms with van der Waals surface area (Å²) in [5.74, 6) is 1.54. The van der Waals surface area contributed by atoms with Gasteiger partial charge in [0.1, 0.15) is 5.75 Å². The summed E-state index contributed by atoms with van der Waals surface area (Å²) >= 11 is 0. The third-order valence-electron chi connectivity index (χ3n) is 4.07. The molecule has 138 valence electrons. The van der Waals surface area contributed by atoms with E-state index in [1.54, 1.807) is 19.2 Å². The number of guanidine groups is 1. The van der Waals surface area contributed by atoms with E-state index in [-0.39, 0.29) is 35.7 Å². The van der Waals surface area contributed by atoms with Crippen molar-refractivity contribution in [1.82, 2.24) is 10.6 Å². The second-order valence-corrected chi connectivity index (χ2v) is 5.72. The number of fused-ring (bicyclic) bond motifs is 1. The van der Waals surface area contributed by atoms with Crippen LogP contribution in [-0.2, 0) is 6.54 Å². The molecule has 0 bridgehead atoms. The number of hydrogen-bond donors (Lipinski definition) is 2. The van der Waals surface area contributed by atoms with E-state index in [2.05, 4.69) is 15.6 Å². The van der Waals surface area contributed by atoms with Crippen LogP contribution in [0.15, 0.2) is 53.5 Å². The Morgan fingerprint density at radius 2 is 2.12 bits per heavy atom. The minimum absolute atomic E-state index is 0. The molecule has 1 unspecified atom stereocenters. The molecule has 2 aromatic rings. The number of hydrogen-bond acceptors (Lipinski definition) is 4. The first-order valence-corrected chi connectivity index (χ1v) is 8.09. The van der Waals surface area contributed by atoms with E-state index in [0.717, 1.165) is 23.3 Å². The summed E-state index contributed by atoms with van der Waals surface area (Å²) in [6, 6.07) is 14.6. The highest BCUT2D eigenvalue weighted by Crippen LogP contribution is 2.31. The molecule has 0 fully saturated rings. The van der Waals surface area contributed by atoms with Crippen LogP contribution >= 0.6 is 24.0 Å². The van der Waals surface area contributed by atoms with Crippen LogP contribution in [-0.4, -0.2) is 24.5 Å². The number of para-hydroxylation sites is 1. The average Bonchev–Trinajstić information content (AvgIpc) is 2.65. The second kappa shape index (κ2) is 9.37. The molecule has 1 aliphatic rings. The largest absolute Gasteiger partial charge is 0.493 e.